The number of benzene rings is 1. The van der Waals surface area contributed by atoms with Crippen LogP contribution in [0.15, 0.2) is 24.3 Å². The molecular formula is C15H18F3N. The number of alkyl halides is 3. The smallest absolute Gasteiger partial charge is 0.327 e. The average molecular weight is 269 g/mol. The molecule has 1 aromatic rings. The molecule has 2 N–H and O–H groups in total. The summed E-state index contributed by atoms with van der Waals surface area (Å²) in [5.41, 5.74) is 6.30. The molecule has 0 radical (unpaired) electrons. The van der Waals surface area contributed by atoms with Crippen LogP contribution in [-0.4, -0.2) is 6.04 Å². The molecule has 0 saturated heterocycles. The van der Waals surface area contributed by atoms with Gasteiger partial charge in [0.1, 0.15) is 0 Å². The van der Waals surface area contributed by atoms with Gasteiger partial charge in [-0.05, 0) is 55.1 Å². The topological polar surface area (TPSA) is 26.0 Å². The molecule has 1 aromatic carbocycles. The van der Waals surface area contributed by atoms with E-state index in [-0.39, 0.29) is 12.0 Å². The van der Waals surface area contributed by atoms with Gasteiger partial charge in [0.15, 0.2) is 0 Å². The van der Waals surface area contributed by atoms with Gasteiger partial charge in [0.05, 0.1) is 5.56 Å². The summed E-state index contributed by atoms with van der Waals surface area (Å²) in [5.74, 6) is 1.29. The van der Waals surface area contributed by atoms with Crippen LogP contribution in [0.3, 0.4) is 0 Å². The van der Waals surface area contributed by atoms with Crippen LogP contribution < -0.4 is 5.73 Å². The fourth-order valence-electron chi connectivity index (χ4n) is 3.48. The molecule has 1 nitrogen and oxygen atoms in total. The first-order chi connectivity index (χ1) is 8.97. The van der Waals surface area contributed by atoms with Crippen molar-refractivity contribution < 1.29 is 13.2 Å². The molecule has 0 aromatic heterocycles. The van der Waals surface area contributed by atoms with Crippen LogP contribution in [0.4, 0.5) is 13.2 Å². The van der Waals surface area contributed by atoms with Gasteiger partial charge in [-0.25, -0.2) is 0 Å². The van der Waals surface area contributed by atoms with Gasteiger partial charge in [0, 0.05) is 6.04 Å². The Balaban J connectivity index is 1.79. The maximum Gasteiger partial charge on any atom is 0.416 e. The maximum atomic E-state index is 12.7. The first kappa shape index (κ1) is 13.0. The minimum Gasteiger partial charge on any atom is -0.327 e. The van der Waals surface area contributed by atoms with Crippen molar-refractivity contribution in [2.24, 2.45) is 17.6 Å². The molecule has 0 heterocycles. The number of rotatable bonds is 2. The largest absolute Gasteiger partial charge is 0.416 e. The zero-order valence-electron chi connectivity index (χ0n) is 10.7. The van der Waals surface area contributed by atoms with Crippen LogP contribution >= 0.6 is 0 Å². The molecule has 4 atom stereocenters. The average Bonchev–Trinajstić information content (AvgIpc) is 2.32. The third-order valence-corrected chi connectivity index (χ3v) is 4.90. The minimum absolute atomic E-state index is 0.263. The van der Waals surface area contributed by atoms with Crippen molar-refractivity contribution in [1.82, 2.24) is 0 Å². The highest BCUT2D eigenvalue weighted by molar-refractivity contribution is 5.30. The van der Waals surface area contributed by atoms with Gasteiger partial charge >= 0.3 is 6.18 Å². The Morgan fingerprint density at radius 3 is 2.21 bits per heavy atom. The first-order valence-corrected chi connectivity index (χ1v) is 6.89. The predicted octanol–water partition coefficient (Wildman–Crippen LogP) is 3.94. The summed E-state index contributed by atoms with van der Waals surface area (Å²) in [6.07, 6.45) is 0.0639. The number of nitrogens with two attached hydrogens (primary N) is 1. The van der Waals surface area contributed by atoms with Gasteiger partial charge in [0.25, 0.3) is 0 Å². The molecule has 2 aliphatic rings. The molecule has 0 amide bonds. The van der Waals surface area contributed by atoms with Crippen LogP contribution in [0, 0.1) is 11.8 Å². The second-order valence-corrected chi connectivity index (χ2v) is 5.88. The van der Waals surface area contributed by atoms with Crippen molar-refractivity contribution in [1.29, 1.82) is 0 Å². The van der Waals surface area contributed by atoms with Crippen LogP contribution in [0.5, 0.6) is 0 Å². The molecule has 4 unspecified atom stereocenters. The van der Waals surface area contributed by atoms with Crippen LogP contribution in [0.1, 0.15) is 42.7 Å². The van der Waals surface area contributed by atoms with Crippen molar-refractivity contribution in [3.05, 3.63) is 35.4 Å². The van der Waals surface area contributed by atoms with Crippen LogP contribution in [0.25, 0.3) is 0 Å². The van der Waals surface area contributed by atoms with Crippen molar-refractivity contribution in [3.8, 4) is 0 Å². The van der Waals surface area contributed by atoms with Gasteiger partial charge in [-0.15, -0.1) is 0 Å². The molecule has 2 fully saturated rings. The zero-order valence-corrected chi connectivity index (χ0v) is 10.7. The van der Waals surface area contributed by atoms with Gasteiger partial charge < -0.3 is 5.73 Å². The van der Waals surface area contributed by atoms with Crippen molar-refractivity contribution >= 4 is 0 Å². The van der Waals surface area contributed by atoms with Gasteiger partial charge in [-0.3, -0.25) is 0 Å². The molecule has 2 aliphatic carbocycles. The molecule has 0 aliphatic heterocycles. The SMILES string of the molecule is NC1CCC1C1CCC1c1cccc(C(F)(F)F)c1. The van der Waals surface area contributed by atoms with Crippen LogP contribution in [-0.2, 0) is 6.18 Å². The molecule has 4 heteroatoms. The molecular weight excluding hydrogens is 251 g/mol. The molecule has 3 rings (SSSR count). The van der Waals surface area contributed by atoms with E-state index >= 15 is 0 Å². The zero-order chi connectivity index (χ0) is 13.6. The van der Waals surface area contributed by atoms with E-state index < -0.39 is 11.7 Å². The number of halogens is 3. The number of hydrogen-bond acceptors (Lipinski definition) is 1. The van der Waals surface area contributed by atoms with Gasteiger partial charge in [-0.2, -0.15) is 13.2 Å². The van der Waals surface area contributed by atoms with E-state index in [2.05, 4.69) is 0 Å². The summed E-state index contributed by atoms with van der Waals surface area (Å²) in [5, 5.41) is 0. The van der Waals surface area contributed by atoms with E-state index in [9.17, 15) is 13.2 Å². The molecule has 0 spiro atoms. The standard InChI is InChI=1S/C15H18F3N/c16-15(17,18)10-3-1-2-9(8-10)11-4-5-12(11)13-6-7-14(13)19/h1-3,8,11-14H,4-7,19H2. The summed E-state index contributed by atoms with van der Waals surface area (Å²) >= 11 is 0. The summed E-state index contributed by atoms with van der Waals surface area (Å²) in [6, 6.07) is 6.08. The Bertz CT molecular complexity index is 469. The lowest BCUT2D eigenvalue weighted by Crippen LogP contribution is -2.48. The quantitative estimate of drug-likeness (QED) is 0.864. The highest BCUT2D eigenvalue weighted by Crippen LogP contribution is 2.52. The van der Waals surface area contributed by atoms with Crippen LogP contribution in [0.2, 0.25) is 0 Å². The molecule has 19 heavy (non-hydrogen) atoms. The first-order valence-electron chi connectivity index (χ1n) is 6.89. The Labute approximate surface area is 111 Å². The normalized spacial score (nSPS) is 34.5. The van der Waals surface area contributed by atoms with Gasteiger partial charge in [0.2, 0.25) is 0 Å². The predicted molar refractivity (Wildman–Crippen MR) is 67.6 cm³/mol. The highest BCUT2D eigenvalue weighted by Gasteiger charge is 2.44. The summed E-state index contributed by atoms with van der Waals surface area (Å²) in [4.78, 5) is 0. The van der Waals surface area contributed by atoms with E-state index in [4.69, 9.17) is 5.73 Å². The monoisotopic (exact) mass is 269 g/mol. The summed E-state index contributed by atoms with van der Waals surface area (Å²) in [6.45, 7) is 0. The Hall–Kier alpha value is -1.03. The Morgan fingerprint density at radius 1 is 1.00 bits per heavy atom. The van der Waals surface area contributed by atoms with E-state index in [0.717, 1.165) is 37.3 Å². The molecule has 0 bridgehead atoms. The molecule has 104 valence electrons. The van der Waals surface area contributed by atoms with Crippen molar-refractivity contribution in [2.75, 3.05) is 0 Å². The fourth-order valence-corrected chi connectivity index (χ4v) is 3.48. The second kappa shape index (κ2) is 4.51. The third kappa shape index (κ3) is 2.27. The Morgan fingerprint density at radius 2 is 1.74 bits per heavy atom. The lowest BCUT2D eigenvalue weighted by atomic mass is 9.57. The summed E-state index contributed by atoms with van der Waals surface area (Å²) in [7, 11) is 0. The lowest BCUT2D eigenvalue weighted by molar-refractivity contribution is -0.137. The van der Waals surface area contributed by atoms with Crippen molar-refractivity contribution in [2.45, 2.75) is 43.8 Å². The number of hydrogen-bond donors (Lipinski definition) is 1. The second-order valence-electron chi connectivity index (χ2n) is 5.88. The van der Waals surface area contributed by atoms with E-state index in [1.807, 2.05) is 6.07 Å². The van der Waals surface area contributed by atoms with Crippen molar-refractivity contribution in [3.63, 3.8) is 0 Å². The minimum atomic E-state index is -4.25. The lowest BCUT2D eigenvalue weighted by Gasteiger charge is -2.49. The third-order valence-electron chi connectivity index (χ3n) is 4.90. The summed E-state index contributed by atoms with van der Waals surface area (Å²) < 4.78 is 38.2. The maximum absolute atomic E-state index is 12.7. The highest BCUT2D eigenvalue weighted by atomic mass is 19.4. The van der Waals surface area contributed by atoms with Gasteiger partial charge in [-0.1, -0.05) is 18.2 Å². The van der Waals surface area contributed by atoms with E-state index in [1.165, 1.54) is 12.1 Å². The molecule has 2 saturated carbocycles. The Kier molecular flexibility index (Phi) is 3.08. The van der Waals surface area contributed by atoms with E-state index in [1.54, 1.807) is 0 Å². The van der Waals surface area contributed by atoms with E-state index in [0.29, 0.717) is 11.8 Å². The fraction of sp³-hybridized carbons (Fsp3) is 0.600.